The highest BCUT2D eigenvalue weighted by molar-refractivity contribution is 7.07. The zero-order valence-electron chi connectivity index (χ0n) is 15.6. The third-order valence-electron chi connectivity index (χ3n) is 5.23. The minimum atomic E-state index is -0.105. The average molecular weight is 392 g/mol. The molecule has 3 aromatic rings. The van der Waals surface area contributed by atoms with Gasteiger partial charge in [-0.15, -0.1) is 0 Å². The van der Waals surface area contributed by atoms with Crippen LogP contribution >= 0.6 is 11.3 Å². The van der Waals surface area contributed by atoms with Gasteiger partial charge >= 0.3 is 0 Å². The van der Waals surface area contributed by atoms with Crippen LogP contribution in [0.2, 0.25) is 0 Å². The minimum absolute atomic E-state index is 0.0468. The van der Waals surface area contributed by atoms with Gasteiger partial charge in [0.05, 0.1) is 31.7 Å². The fourth-order valence-electron chi connectivity index (χ4n) is 3.67. The summed E-state index contributed by atoms with van der Waals surface area (Å²) in [5, 5.41) is 4.30. The normalized spacial score (nSPS) is 14.8. The molecule has 1 amide bonds. The first kappa shape index (κ1) is 18.6. The molecule has 1 aliphatic heterocycles. The molecule has 0 atom stereocenters. The molecular formula is C23H23N2O2S+. The molecule has 0 bridgehead atoms. The second-order valence-electron chi connectivity index (χ2n) is 7.09. The Morgan fingerprint density at radius 1 is 0.893 bits per heavy atom. The molecule has 1 N–H and O–H groups in total. The van der Waals surface area contributed by atoms with E-state index in [2.05, 4.69) is 16.8 Å². The lowest BCUT2D eigenvalue weighted by atomic mass is 9.97. The zero-order chi connectivity index (χ0) is 19.3. The quantitative estimate of drug-likeness (QED) is 0.679. The number of benzene rings is 2. The Morgan fingerprint density at radius 2 is 1.57 bits per heavy atom. The highest BCUT2D eigenvalue weighted by Gasteiger charge is 2.27. The Labute approximate surface area is 169 Å². The van der Waals surface area contributed by atoms with E-state index in [0.29, 0.717) is 29.8 Å². The summed E-state index contributed by atoms with van der Waals surface area (Å²) in [6, 6.07) is 18.5. The van der Waals surface area contributed by atoms with E-state index in [1.807, 2.05) is 35.2 Å². The molecule has 142 valence electrons. The third-order valence-corrected chi connectivity index (χ3v) is 5.96. The van der Waals surface area contributed by atoms with Crippen molar-refractivity contribution in [1.29, 1.82) is 0 Å². The van der Waals surface area contributed by atoms with Crippen LogP contribution in [0.3, 0.4) is 0 Å². The van der Waals surface area contributed by atoms with Crippen LogP contribution in [-0.4, -0.2) is 42.8 Å². The van der Waals surface area contributed by atoms with Gasteiger partial charge in [-0.05, 0) is 22.9 Å². The molecule has 4 rings (SSSR count). The van der Waals surface area contributed by atoms with Crippen LogP contribution in [-0.2, 0) is 6.54 Å². The smallest absolute Gasteiger partial charge is 0.255 e. The predicted octanol–water partition coefficient (Wildman–Crippen LogP) is 2.52. The van der Waals surface area contributed by atoms with Gasteiger partial charge in [-0.2, -0.15) is 11.3 Å². The average Bonchev–Trinajstić information content (AvgIpc) is 3.27. The monoisotopic (exact) mass is 391 g/mol. The molecule has 5 heteroatoms. The Bertz CT molecular complexity index is 946. The molecule has 0 aliphatic carbocycles. The van der Waals surface area contributed by atoms with Crippen molar-refractivity contribution in [1.82, 2.24) is 4.90 Å². The van der Waals surface area contributed by atoms with E-state index in [4.69, 9.17) is 0 Å². The Morgan fingerprint density at radius 3 is 2.25 bits per heavy atom. The van der Waals surface area contributed by atoms with Gasteiger partial charge in [0, 0.05) is 16.7 Å². The summed E-state index contributed by atoms with van der Waals surface area (Å²) < 4.78 is 0. The minimum Gasteiger partial charge on any atom is -0.328 e. The first-order valence-electron chi connectivity index (χ1n) is 9.55. The standard InChI is InChI=1S/C23H22N2O2S/c26-22(19-6-2-1-3-7-19)20-8-4-5-9-21(20)23(27)25-13-11-24(12-14-25)16-18-10-15-28-17-18/h1-10,15,17H,11-14,16H2/p+1. The van der Waals surface area contributed by atoms with E-state index >= 15 is 0 Å². The zero-order valence-corrected chi connectivity index (χ0v) is 16.5. The van der Waals surface area contributed by atoms with Crippen molar-refractivity contribution in [3.05, 3.63) is 93.7 Å². The summed E-state index contributed by atoms with van der Waals surface area (Å²) in [6.07, 6.45) is 0. The first-order valence-corrected chi connectivity index (χ1v) is 10.5. The highest BCUT2D eigenvalue weighted by atomic mass is 32.1. The van der Waals surface area contributed by atoms with Crippen LogP contribution in [0.25, 0.3) is 0 Å². The van der Waals surface area contributed by atoms with Crippen LogP contribution in [0.5, 0.6) is 0 Å². The number of nitrogens with zero attached hydrogens (tertiary/aromatic N) is 1. The van der Waals surface area contributed by atoms with Gasteiger partial charge in [0.25, 0.3) is 5.91 Å². The summed E-state index contributed by atoms with van der Waals surface area (Å²) in [5.41, 5.74) is 2.94. The fourth-order valence-corrected chi connectivity index (χ4v) is 4.34. The molecule has 1 fully saturated rings. The molecule has 1 saturated heterocycles. The SMILES string of the molecule is O=C(c1ccccc1)c1ccccc1C(=O)N1CC[NH+](Cc2ccsc2)CC1. The van der Waals surface area contributed by atoms with Crippen molar-refractivity contribution >= 4 is 23.0 Å². The Kier molecular flexibility index (Phi) is 5.65. The van der Waals surface area contributed by atoms with Crippen LogP contribution < -0.4 is 4.90 Å². The molecule has 1 aromatic heterocycles. The van der Waals surface area contributed by atoms with Gasteiger partial charge in [0.1, 0.15) is 6.54 Å². The van der Waals surface area contributed by atoms with E-state index in [-0.39, 0.29) is 11.7 Å². The van der Waals surface area contributed by atoms with Gasteiger partial charge in [-0.3, -0.25) is 9.59 Å². The number of carbonyl (C=O) groups excluding carboxylic acids is 2. The maximum absolute atomic E-state index is 13.1. The molecule has 0 saturated carbocycles. The predicted molar refractivity (Wildman–Crippen MR) is 111 cm³/mol. The first-order chi connectivity index (χ1) is 13.7. The molecule has 4 nitrogen and oxygen atoms in total. The van der Waals surface area contributed by atoms with Crippen molar-refractivity contribution in [2.45, 2.75) is 6.54 Å². The van der Waals surface area contributed by atoms with Crippen molar-refractivity contribution in [2.24, 2.45) is 0 Å². The van der Waals surface area contributed by atoms with E-state index in [0.717, 1.165) is 19.6 Å². The lowest BCUT2D eigenvalue weighted by molar-refractivity contribution is -0.917. The van der Waals surface area contributed by atoms with Gasteiger partial charge in [0.15, 0.2) is 5.78 Å². The van der Waals surface area contributed by atoms with Crippen molar-refractivity contribution < 1.29 is 14.5 Å². The van der Waals surface area contributed by atoms with Crippen LogP contribution in [0.4, 0.5) is 0 Å². The van der Waals surface area contributed by atoms with Crippen molar-refractivity contribution in [3.8, 4) is 0 Å². The number of hydrogen-bond acceptors (Lipinski definition) is 3. The van der Waals surface area contributed by atoms with E-state index in [9.17, 15) is 9.59 Å². The topological polar surface area (TPSA) is 41.8 Å². The molecule has 28 heavy (non-hydrogen) atoms. The fraction of sp³-hybridized carbons (Fsp3) is 0.217. The summed E-state index contributed by atoms with van der Waals surface area (Å²) in [6.45, 7) is 4.29. The number of rotatable bonds is 5. The van der Waals surface area contributed by atoms with Crippen molar-refractivity contribution in [3.63, 3.8) is 0 Å². The molecule has 0 radical (unpaired) electrons. The van der Waals surface area contributed by atoms with Gasteiger partial charge in [-0.25, -0.2) is 0 Å². The van der Waals surface area contributed by atoms with Crippen molar-refractivity contribution in [2.75, 3.05) is 26.2 Å². The highest BCUT2D eigenvalue weighted by Crippen LogP contribution is 2.17. The number of ketones is 1. The number of amides is 1. The van der Waals surface area contributed by atoms with E-state index in [1.165, 1.54) is 10.5 Å². The number of hydrogen-bond donors (Lipinski definition) is 1. The lowest BCUT2D eigenvalue weighted by Gasteiger charge is -2.32. The second kappa shape index (κ2) is 8.50. The van der Waals surface area contributed by atoms with E-state index < -0.39 is 0 Å². The molecule has 2 heterocycles. The molecule has 1 aliphatic rings. The number of nitrogens with one attached hydrogen (secondary N) is 1. The van der Waals surface area contributed by atoms with Gasteiger partial charge in [-0.1, -0.05) is 48.5 Å². The number of quaternary nitrogens is 1. The van der Waals surface area contributed by atoms with Gasteiger partial charge in [0.2, 0.25) is 0 Å². The molecular weight excluding hydrogens is 368 g/mol. The Hall–Kier alpha value is -2.76. The summed E-state index contributed by atoms with van der Waals surface area (Å²) >= 11 is 1.72. The van der Waals surface area contributed by atoms with Crippen LogP contribution in [0.1, 0.15) is 31.8 Å². The van der Waals surface area contributed by atoms with Crippen LogP contribution in [0, 0.1) is 0 Å². The second-order valence-corrected chi connectivity index (χ2v) is 7.87. The molecule has 2 aromatic carbocycles. The van der Waals surface area contributed by atoms with Crippen LogP contribution in [0.15, 0.2) is 71.4 Å². The third kappa shape index (κ3) is 4.06. The van der Waals surface area contributed by atoms with Gasteiger partial charge < -0.3 is 9.80 Å². The number of thiophene rings is 1. The largest absolute Gasteiger partial charge is 0.328 e. The lowest BCUT2D eigenvalue weighted by Crippen LogP contribution is -3.13. The summed E-state index contributed by atoms with van der Waals surface area (Å²) in [4.78, 5) is 29.4. The molecule has 0 unspecified atom stereocenters. The number of piperazine rings is 1. The summed E-state index contributed by atoms with van der Waals surface area (Å²) in [7, 11) is 0. The Balaban J connectivity index is 1.46. The maximum Gasteiger partial charge on any atom is 0.255 e. The maximum atomic E-state index is 13.1. The number of carbonyl (C=O) groups is 2. The molecule has 0 spiro atoms. The van der Waals surface area contributed by atoms with E-state index in [1.54, 1.807) is 35.6 Å². The summed E-state index contributed by atoms with van der Waals surface area (Å²) in [5.74, 6) is -0.152.